The monoisotopic (exact) mass is 469 g/mol. The molecule has 1 fully saturated rings. The Morgan fingerprint density at radius 2 is 1.88 bits per heavy atom. The summed E-state index contributed by atoms with van der Waals surface area (Å²) in [6.07, 6.45) is 1.47. The Morgan fingerprint density at radius 3 is 2.55 bits per heavy atom. The molecule has 2 aromatic carbocycles. The van der Waals surface area contributed by atoms with Crippen molar-refractivity contribution in [3.8, 4) is 0 Å². The van der Waals surface area contributed by atoms with Crippen LogP contribution < -0.4 is 0 Å². The highest BCUT2D eigenvalue weighted by Crippen LogP contribution is 2.62. The lowest BCUT2D eigenvalue weighted by atomic mass is 10.1. The number of fused-ring (bicyclic) bond motifs is 1. The lowest BCUT2D eigenvalue weighted by Gasteiger charge is -2.40. The fraction of sp³-hybridized carbons (Fsp3) is 0.292. The van der Waals surface area contributed by atoms with E-state index in [0.29, 0.717) is 28.6 Å². The Morgan fingerprint density at radius 1 is 1.15 bits per heavy atom. The summed E-state index contributed by atoms with van der Waals surface area (Å²) in [4.78, 5) is 31.5. The van der Waals surface area contributed by atoms with Gasteiger partial charge in [0.05, 0.1) is 5.69 Å². The molecule has 2 heterocycles. The van der Waals surface area contributed by atoms with Crippen LogP contribution in [0.15, 0.2) is 64.0 Å². The van der Waals surface area contributed by atoms with Crippen molar-refractivity contribution < 1.29 is 23.1 Å². The second-order valence-electron chi connectivity index (χ2n) is 8.14. The van der Waals surface area contributed by atoms with Crippen molar-refractivity contribution in [1.29, 1.82) is 0 Å². The molecule has 1 aromatic heterocycles. The van der Waals surface area contributed by atoms with Gasteiger partial charge in [-0.3, -0.25) is 18.7 Å². The molecule has 0 bridgehead atoms. The molecular weight excluding hydrogens is 442 g/mol. The molecule has 2 N–H and O–H groups in total. The molecule has 1 atom stereocenters. The van der Waals surface area contributed by atoms with Crippen molar-refractivity contribution in [2.45, 2.75) is 25.0 Å². The number of unbranched alkanes of at least 4 members (excludes halogenated alkanes) is 1. The number of hydrogen-bond acceptors (Lipinski definition) is 6. The van der Waals surface area contributed by atoms with Crippen LogP contribution in [0.1, 0.15) is 41.1 Å². The molecule has 1 aliphatic rings. The fourth-order valence-corrected chi connectivity index (χ4v) is 5.78. The first-order chi connectivity index (χ1) is 15.7. The SMILES string of the molecule is CCCCN1C(=O)C(=Nc2ccc3oc(C(=O)N(C)C)cc3c2)C(c2ccccc2)S1(O)O. The topological polar surface area (TPSA) is 107 Å². The van der Waals surface area contributed by atoms with Gasteiger partial charge in [-0.1, -0.05) is 43.7 Å². The average Bonchev–Trinajstić information content (AvgIpc) is 3.28. The Balaban J connectivity index is 1.78. The summed E-state index contributed by atoms with van der Waals surface area (Å²) in [6, 6.07) is 15.7. The maximum Gasteiger partial charge on any atom is 0.289 e. The molecule has 8 nitrogen and oxygen atoms in total. The van der Waals surface area contributed by atoms with E-state index in [1.165, 1.54) is 4.90 Å². The Bertz CT molecular complexity index is 1220. The fourth-order valence-electron chi connectivity index (χ4n) is 3.82. The van der Waals surface area contributed by atoms with Crippen LogP contribution in [0, 0.1) is 0 Å². The van der Waals surface area contributed by atoms with Gasteiger partial charge in [0.15, 0.2) is 5.76 Å². The van der Waals surface area contributed by atoms with Crippen LogP contribution in [0.2, 0.25) is 0 Å². The highest BCUT2D eigenvalue weighted by atomic mass is 32.3. The quantitative estimate of drug-likeness (QED) is 0.512. The largest absolute Gasteiger partial charge is 0.451 e. The molecule has 0 radical (unpaired) electrons. The summed E-state index contributed by atoms with van der Waals surface area (Å²) in [5.74, 6) is -0.526. The zero-order chi connectivity index (χ0) is 23.8. The Hall–Kier alpha value is -3.14. The maximum absolute atomic E-state index is 13.3. The summed E-state index contributed by atoms with van der Waals surface area (Å²) < 4.78 is 29.0. The van der Waals surface area contributed by atoms with Crippen molar-refractivity contribution in [2.24, 2.45) is 4.99 Å². The predicted octanol–water partition coefficient (Wildman–Crippen LogP) is 5.26. The zero-order valence-electron chi connectivity index (χ0n) is 18.8. The number of nitrogens with zero attached hydrogens (tertiary/aromatic N) is 3. The first-order valence-electron chi connectivity index (χ1n) is 10.7. The average molecular weight is 470 g/mol. The van der Waals surface area contributed by atoms with E-state index in [1.807, 2.05) is 13.0 Å². The van der Waals surface area contributed by atoms with Crippen molar-refractivity contribution in [2.75, 3.05) is 20.6 Å². The van der Waals surface area contributed by atoms with Crippen LogP contribution in [-0.4, -0.2) is 56.5 Å². The smallest absolute Gasteiger partial charge is 0.289 e. The van der Waals surface area contributed by atoms with E-state index >= 15 is 0 Å². The summed E-state index contributed by atoms with van der Waals surface area (Å²) in [5, 5.41) is -0.285. The van der Waals surface area contributed by atoms with Gasteiger partial charge in [0.2, 0.25) is 0 Å². The molecule has 9 heteroatoms. The van der Waals surface area contributed by atoms with E-state index in [9.17, 15) is 18.7 Å². The minimum Gasteiger partial charge on any atom is -0.451 e. The number of rotatable bonds is 6. The molecule has 1 unspecified atom stereocenters. The van der Waals surface area contributed by atoms with Gasteiger partial charge in [-0.2, -0.15) is 0 Å². The summed E-state index contributed by atoms with van der Waals surface area (Å²) in [5.41, 5.74) is 1.69. The molecule has 2 amide bonds. The van der Waals surface area contributed by atoms with Gasteiger partial charge in [-0.25, -0.2) is 9.30 Å². The number of furan rings is 1. The van der Waals surface area contributed by atoms with Gasteiger partial charge in [-0.15, -0.1) is 10.8 Å². The Kier molecular flexibility index (Phi) is 6.29. The minimum atomic E-state index is -3.45. The first-order valence-corrected chi connectivity index (χ1v) is 12.3. The molecule has 174 valence electrons. The number of aliphatic imine (C=N–C) groups is 1. The van der Waals surface area contributed by atoms with Crippen LogP contribution in [0.5, 0.6) is 0 Å². The molecule has 3 aromatic rings. The normalized spacial score (nSPS) is 19.9. The van der Waals surface area contributed by atoms with Gasteiger partial charge in [0.1, 0.15) is 16.5 Å². The van der Waals surface area contributed by atoms with Crippen LogP contribution in [0.25, 0.3) is 11.0 Å². The molecule has 1 aliphatic heterocycles. The summed E-state index contributed by atoms with van der Waals surface area (Å²) in [6.45, 7) is 2.22. The van der Waals surface area contributed by atoms with Gasteiger partial charge < -0.3 is 9.32 Å². The molecule has 1 saturated heterocycles. The predicted molar refractivity (Wildman–Crippen MR) is 130 cm³/mol. The molecule has 4 rings (SSSR count). The first kappa shape index (κ1) is 23.0. The highest BCUT2D eigenvalue weighted by molar-refractivity contribution is 8.24. The summed E-state index contributed by atoms with van der Waals surface area (Å²) in [7, 11) is -0.159. The van der Waals surface area contributed by atoms with Crippen molar-refractivity contribution in [3.05, 3.63) is 65.9 Å². The van der Waals surface area contributed by atoms with E-state index < -0.39 is 21.9 Å². The maximum atomic E-state index is 13.3. The van der Waals surface area contributed by atoms with Crippen LogP contribution >= 0.6 is 10.8 Å². The highest BCUT2D eigenvalue weighted by Gasteiger charge is 2.50. The molecular formula is C24H27N3O5S. The van der Waals surface area contributed by atoms with Gasteiger partial charge >= 0.3 is 0 Å². The Labute approximate surface area is 194 Å². The van der Waals surface area contributed by atoms with E-state index in [2.05, 4.69) is 4.99 Å². The standard InChI is InChI=1S/C24H27N3O5S/c1-4-5-13-27-24(29)21(22(33(27,30)31)16-9-7-6-8-10-16)25-18-11-12-19-17(14-18)15-20(32-19)23(28)26(2)3/h6-12,14-15,22,30-31H,4-5,13H2,1-3H3. The van der Waals surface area contributed by atoms with Crippen LogP contribution in [-0.2, 0) is 4.79 Å². The van der Waals surface area contributed by atoms with Crippen molar-refractivity contribution >= 4 is 45.0 Å². The third-order valence-corrected chi connectivity index (χ3v) is 7.64. The second kappa shape index (κ2) is 9.01. The molecule has 0 aliphatic carbocycles. The third kappa shape index (κ3) is 4.27. The van der Waals surface area contributed by atoms with E-state index in [1.54, 1.807) is 62.6 Å². The number of hydrogen-bond donors (Lipinski definition) is 2. The van der Waals surface area contributed by atoms with E-state index in [0.717, 1.165) is 10.7 Å². The number of carbonyl (C=O) groups is 2. The minimum absolute atomic E-state index is 0.0877. The zero-order valence-corrected chi connectivity index (χ0v) is 19.6. The molecule has 0 spiro atoms. The van der Waals surface area contributed by atoms with Gasteiger partial charge in [-0.05, 0) is 36.2 Å². The second-order valence-corrected chi connectivity index (χ2v) is 10.2. The lowest BCUT2D eigenvalue weighted by molar-refractivity contribution is -0.119. The van der Waals surface area contributed by atoms with Crippen molar-refractivity contribution in [3.63, 3.8) is 0 Å². The van der Waals surface area contributed by atoms with E-state index in [4.69, 9.17) is 4.42 Å². The van der Waals surface area contributed by atoms with Crippen LogP contribution in [0.3, 0.4) is 0 Å². The number of amides is 2. The van der Waals surface area contributed by atoms with Gasteiger partial charge in [0, 0.05) is 26.0 Å². The van der Waals surface area contributed by atoms with Gasteiger partial charge in [0.25, 0.3) is 11.8 Å². The van der Waals surface area contributed by atoms with E-state index in [-0.39, 0.29) is 23.9 Å². The number of benzene rings is 2. The third-order valence-electron chi connectivity index (χ3n) is 5.52. The lowest BCUT2D eigenvalue weighted by Crippen LogP contribution is -2.29. The number of carbonyl (C=O) groups excluding carboxylic acids is 2. The van der Waals surface area contributed by atoms with Crippen LogP contribution in [0.4, 0.5) is 5.69 Å². The molecule has 33 heavy (non-hydrogen) atoms. The molecule has 0 saturated carbocycles. The van der Waals surface area contributed by atoms with Crippen molar-refractivity contribution in [1.82, 2.24) is 9.21 Å². The summed E-state index contributed by atoms with van der Waals surface area (Å²) >= 11 is 0.